The number of hydrogen-bond donors (Lipinski definition) is 0. The van der Waals surface area contributed by atoms with E-state index in [9.17, 15) is 0 Å². The summed E-state index contributed by atoms with van der Waals surface area (Å²) in [4.78, 5) is 0. The van der Waals surface area contributed by atoms with Crippen molar-refractivity contribution in [2.24, 2.45) is 11.8 Å². The third-order valence-electron chi connectivity index (χ3n) is 3.48. The van der Waals surface area contributed by atoms with Crippen molar-refractivity contribution in [2.45, 2.75) is 40.5 Å². The number of hydrogen-bond acceptors (Lipinski definition) is 0. The molecule has 19 heavy (non-hydrogen) atoms. The van der Waals surface area contributed by atoms with Crippen molar-refractivity contribution in [3.8, 4) is 0 Å². The van der Waals surface area contributed by atoms with E-state index in [4.69, 9.17) is 0 Å². The largest absolute Gasteiger partial charge is 1.00 e. The smallest absolute Gasteiger partial charge is 1.00 e. The van der Waals surface area contributed by atoms with Crippen LogP contribution >= 0.6 is 0 Å². The van der Waals surface area contributed by atoms with Crippen molar-refractivity contribution in [1.82, 2.24) is 0 Å². The van der Waals surface area contributed by atoms with Crippen LogP contribution in [0.2, 0.25) is 0 Å². The van der Waals surface area contributed by atoms with E-state index < -0.39 is 23.2 Å². The Bertz CT molecular complexity index is 386. The molecule has 3 heteroatoms. The summed E-state index contributed by atoms with van der Waals surface area (Å²) in [7, 11) is 0. The fourth-order valence-corrected chi connectivity index (χ4v) is 7.07. The SMILES string of the molecule is CC(C)C1=[C]([Zr+2][C]2=C(C(C)C)C=CC2)CC=C1.[F-].[F-]. The predicted molar refractivity (Wildman–Crippen MR) is 71.2 cm³/mol. The topological polar surface area (TPSA) is 0 Å². The van der Waals surface area contributed by atoms with Gasteiger partial charge in [0.2, 0.25) is 0 Å². The van der Waals surface area contributed by atoms with Gasteiger partial charge in [-0.25, -0.2) is 0 Å². The Labute approximate surface area is 127 Å². The van der Waals surface area contributed by atoms with Gasteiger partial charge in [0.05, 0.1) is 0 Å². The van der Waals surface area contributed by atoms with Crippen LogP contribution in [0, 0.1) is 11.8 Å². The van der Waals surface area contributed by atoms with Crippen LogP contribution in [0.25, 0.3) is 0 Å². The Hall–Kier alpha value is -0.297. The van der Waals surface area contributed by atoms with E-state index in [1.54, 1.807) is 11.1 Å². The number of halogens is 2. The van der Waals surface area contributed by atoms with Gasteiger partial charge < -0.3 is 9.41 Å². The van der Waals surface area contributed by atoms with Gasteiger partial charge in [0.15, 0.2) is 0 Å². The third kappa shape index (κ3) is 4.34. The van der Waals surface area contributed by atoms with E-state index in [1.807, 2.05) is 6.56 Å². The summed E-state index contributed by atoms with van der Waals surface area (Å²) in [6.07, 6.45) is 12.0. The van der Waals surface area contributed by atoms with Crippen molar-refractivity contribution in [2.75, 3.05) is 0 Å². The third-order valence-corrected chi connectivity index (χ3v) is 7.39. The van der Waals surface area contributed by atoms with Crippen molar-refractivity contribution in [1.29, 1.82) is 0 Å². The first kappa shape index (κ1) is 18.7. The minimum absolute atomic E-state index is 0. The van der Waals surface area contributed by atoms with Crippen LogP contribution in [0.1, 0.15) is 40.5 Å². The molecule has 2 aliphatic rings. The second-order valence-corrected chi connectivity index (χ2v) is 9.10. The van der Waals surface area contributed by atoms with Crippen LogP contribution in [-0.2, 0) is 23.2 Å². The zero-order chi connectivity index (χ0) is 12.4. The molecule has 104 valence electrons. The van der Waals surface area contributed by atoms with Crippen molar-refractivity contribution < 1.29 is 32.6 Å². The number of allylic oxidation sites excluding steroid dienone is 8. The van der Waals surface area contributed by atoms with Crippen LogP contribution < -0.4 is 9.41 Å². The molecule has 0 atom stereocenters. The zero-order valence-corrected chi connectivity index (χ0v) is 14.6. The minimum atomic E-state index is -0.491. The molecule has 0 aliphatic heterocycles. The van der Waals surface area contributed by atoms with Gasteiger partial charge in [0, 0.05) is 0 Å². The maximum Gasteiger partial charge on any atom is -1.00 e. The Morgan fingerprint density at radius 3 is 1.47 bits per heavy atom. The van der Waals surface area contributed by atoms with Gasteiger partial charge in [-0.15, -0.1) is 0 Å². The van der Waals surface area contributed by atoms with Gasteiger partial charge in [0.25, 0.3) is 0 Å². The average molecular weight is 344 g/mol. The van der Waals surface area contributed by atoms with E-state index in [2.05, 4.69) is 52.0 Å². The molecule has 0 aromatic heterocycles. The Kier molecular flexibility index (Phi) is 7.97. The molecule has 0 unspecified atom stereocenters. The molecule has 0 bridgehead atoms. The molecule has 0 aromatic carbocycles. The zero-order valence-electron chi connectivity index (χ0n) is 12.1. The predicted octanol–water partition coefficient (Wildman–Crippen LogP) is -1.18. The fraction of sp³-hybridized carbons (Fsp3) is 0.500. The van der Waals surface area contributed by atoms with Crippen molar-refractivity contribution in [3.63, 3.8) is 0 Å². The normalized spacial score (nSPS) is 17.2. The summed E-state index contributed by atoms with van der Waals surface area (Å²) in [5, 5.41) is 0. The van der Waals surface area contributed by atoms with Gasteiger partial charge in [-0.2, -0.15) is 0 Å². The molecule has 0 nitrogen and oxygen atoms in total. The second kappa shape index (κ2) is 8.09. The molecule has 0 amide bonds. The van der Waals surface area contributed by atoms with Gasteiger partial charge in [-0.3, -0.25) is 0 Å². The summed E-state index contributed by atoms with van der Waals surface area (Å²) in [6.45, 7) is 9.31. The summed E-state index contributed by atoms with van der Waals surface area (Å²) in [5.74, 6) is 1.42. The van der Waals surface area contributed by atoms with Crippen LogP contribution in [0.5, 0.6) is 0 Å². The monoisotopic (exact) mass is 342 g/mol. The van der Waals surface area contributed by atoms with E-state index in [0.29, 0.717) is 11.8 Å². The maximum absolute atomic E-state index is 2.37. The van der Waals surface area contributed by atoms with Crippen LogP contribution in [0.4, 0.5) is 0 Å². The van der Waals surface area contributed by atoms with E-state index in [-0.39, 0.29) is 9.41 Å². The Balaban J connectivity index is 0.00000162. The summed E-state index contributed by atoms with van der Waals surface area (Å²) in [5.41, 5.74) is 3.30. The van der Waals surface area contributed by atoms with Crippen LogP contribution in [0.3, 0.4) is 0 Å². The van der Waals surface area contributed by atoms with Gasteiger partial charge >= 0.3 is 118 Å². The fourth-order valence-electron chi connectivity index (χ4n) is 2.55. The molecule has 0 spiro atoms. The van der Waals surface area contributed by atoms with Crippen molar-refractivity contribution in [3.05, 3.63) is 42.0 Å². The van der Waals surface area contributed by atoms with Crippen molar-refractivity contribution >= 4 is 0 Å². The maximum atomic E-state index is 2.37. The number of rotatable bonds is 4. The molecule has 0 saturated carbocycles. The second-order valence-electron chi connectivity index (χ2n) is 5.52. The van der Waals surface area contributed by atoms with Gasteiger partial charge in [0.1, 0.15) is 0 Å². The molecule has 0 fully saturated rings. The molecule has 2 rings (SSSR count). The van der Waals surface area contributed by atoms with Gasteiger partial charge in [-0.1, -0.05) is 0 Å². The summed E-state index contributed by atoms with van der Waals surface area (Å²) >= 11 is -0.491. The molecular weight excluding hydrogens is 321 g/mol. The van der Waals surface area contributed by atoms with E-state index in [0.717, 1.165) is 0 Å². The first-order valence-corrected chi connectivity index (χ1v) is 9.11. The molecule has 0 N–H and O–H groups in total. The molecule has 2 aliphatic carbocycles. The first-order valence-electron chi connectivity index (χ1n) is 6.65. The molecule has 0 radical (unpaired) electrons. The molecule has 0 heterocycles. The Morgan fingerprint density at radius 1 is 0.789 bits per heavy atom. The minimum Gasteiger partial charge on any atom is -1.00 e. The standard InChI is InChI=1S/2C8H11.2FH.Zr/c2*1-7(2)8-5-3-4-6-8;;;/h2*3,5,7H,4H2,1-2H3;2*1H;/q;;;;+2/p-2. The van der Waals surface area contributed by atoms with Gasteiger partial charge in [-0.05, 0) is 0 Å². The summed E-state index contributed by atoms with van der Waals surface area (Å²) < 4.78 is 3.64. The van der Waals surface area contributed by atoms with E-state index in [1.165, 1.54) is 12.8 Å². The first-order chi connectivity index (χ1) is 8.09. The molecule has 0 saturated heterocycles. The molecule has 0 aromatic rings. The van der Waals surface area contributed by atoms with Crippen LogP contribution in [-0.4, -0.2) is 0 Å². The van der Waals surface area contributed by atoms with Crippen LogP contribution in [0.15, 0.2) is 42.0 Å². The Morgan fingerprint density at radius 2 is 1.16 bits per heavy atom. The average Bonchev–Trinajstić information content (AvgIpc) is 2.86. The quantitative estimate of drug-likeness (QED) is 0.603. The summed E-state index contributed by atoms with van der Waals surface area (Å²) in [6, 6.07) is 0. The van der Waals surface area contributed by atoms with E-state index >= 15 is 0 Å². The molecular formula is C16H22F2Zr.